The Morgan fingerprint density at radius 1 is 0.338 bits per heavy atom. The molecule has 0 aliphatic carbocycles. The van der Waals surface area contributed by atoms with Gasteiger partial charge in [0.15, 0.2) is 0 Å². The SMILES string of the molecule is CCCCCCCCC(=O)OCC(COC(=O)CCCCCCCC)CC(=O)OCCC(CCOC(=O)CC(COC(=O)CCCCCCCC)COC(=O)CCCCCCCC)OC(=O)CCN(C)C. The number of carbonyl (C=O) groups excluding carboxylic acids is 7. The van der Waals surface area contributed by atoms with E-state index in [0.29, 0.717) is 6.54 Å². The molecule has 0 bridgehead atoms. The van der Waals surface area contributed by atoms with Crippen LogP contribution in [0.4, 0.5) is 0 Å². The summed E-state index contributed by atoms with van der Waals surface area (Å²) in [5.74, 6) is -4.32. The third kappa shape index (κ3) is 45.8. The van der Waals surface area contributed by atoms with Crippen LogP contribution in [0.1, 0.15) is 240 Å². The number of carbonyl (C=O) groups is 7. The van der Waals surface area contributed by atoms with Gasteiger partial charge in [-0.2, -0.15) is 0 Å². The van der Waals surface area contributed by atoms with Crippen LogP contribution in [0.2, 0.25) is 0 Å². The molecule has 0 amide bonds. The van der Waals surface area contributed by atoms with Gasteiger partial charge in [-0.1, -0.05) is 156 Å². The van der Waals surface area contributed by atoms with E-state index < -0.39 is 35.8 Å². The number of unbranched alkanes of at least 4 members (excludes halogenated alkanes) is 20. The lowest BCUT2D eigenvalue weighted by molar-refractivity contribution is -0.158. The summed E-state index contributed by atoms with van der Waals surface area (Å²) in [7, 11) is 3.68. The highest BCUT2D eigenvalue weighted by Gasteiger charge is 2.23. The van der Waals surface area contributed by atoms with Crippen molar-refractivity contribution >= 4 is 41.8 Å². The molecule has 0 fully saturated rings. The van der Waals surface area contributed by atoms with Gasteiger partial charge < -0.3 is 38.1 Å². The molecule has 0 rings (SSSR count). The van der Waals surface area contributed by atoms with E-state index in [0.717, 1.165) is 128 Å². The standard InChI is InChI=1S/C56H101NO14/c1-7-11-15-19-23-27-31-50(58)67-43-47(44-68-51(59)32-28-24-20-16-12-8-2)41-55(63)65-39-36-49(71-54(62)35-38-57(5)6)37-40-66-56(64)42-48(45-69-52(60)33-29-25-21-17-13-9-3)46-70-53(61)34-30-26-22-18-14-10-4/h47-49H,7-46H2,1-6H3. The molecule has 0 N–H and O–H groups in total. The van der Waals surface area contributed by atoms with Crippen molar-refractivity contribution < 1.29 is 66.7 Å². The zero-order valence-corrected chi connectivity index (χ0v) is 45.7. The highest BCUT2D eigenvalue weighted by molar-refractivity contribution is 5.72. The van der Waals surface area contributed by atoms with Crippen molar-refractivity contribution in [3.63, 3.8) is 0 Å². The molecule has 0 aromatic carbocycles. The van der Waals surface area contributed by atoms with Gasteiger partial charge in [0.05, 0.1) is 58.9 Å². The summed E-state index contributed by atoms with van der Waals surface area (Å²) >= 11 is 0. The van der Waals surface area contributed by atoms with Gasteiger partial charge >= 0.3 is 41.8 Å². The second-order valence-electron chi connectivity index (χ2n) is 19.6. The predicted octanol–water partition coefficient (Wildman–Crippen LogP) is 11.9. The first-order valence-electron chi connectivity index (χ1n) is 28.1. The Hall–Kier alpha value is -3.75. The van der Waals surface area contributed by atoms with Gasteiger partial charge in [0, 0.05) is 56.9 Å². The van der Waals surface area contributed by atoms with Crippen LogP contribution in [0, 0.1) is 11.8 Å². The molecule has 71 heavy (non-hydrogen) atoms. The molecule has 0 radical (unpaired) electrons. The van der Waals surface area contributed by atoms with Crippen molar-refractivity contribution in [1.82, 2.24) is 4.90 Å². The predicted molar refractivity (Wildman–Crippen MR) is 276 cm³/mol. The highest BCUT2D eigenvalue weighted by atomic mass is 16.6. The second kappa shape index (κ2) is 48.5. The molecule has 0 saturated carbocycles. The number of rotatable bonds is 50. The molecule has 0 unspecified atom stereocenters. The number of ether oxygens (including phenoxy) is 7. The number of esters is 7. The first-order valence-corrected chi connectivity index (χ1v) is 28.1. The highest BCUT2D eigenvalue weighted by Crippen LogP contribution is 2.16. The van der Waals surface area contributed by atoms with Gasteiger partial charge in [-0.05, 0) is 39.8 Å². The van der Waals surface area contributed by atoms with E-state index in [4.69, 9.17) is 33.2 Å². The maximum atomic E-state index is 13.2. The summed E-state index contributed by atoms with van der Waals surface area (Å²) in [5.41, 5.74) is 0. The van der Waals surface area contributed by atoms with Gasteiger partial charge in [0.25, 0.3) is 0 Å². The third-order valence-corrected chi connectivity index (χ3v) is 12.2. The van der Waals surface area contributed by atoms with Crippen LogP contribution in [-0.4, -0.2) is 113 Å². The third-order valence-electron chi connectivity index (χ3n) is 12.2. The maximum Gasteiger partial charge on any atom is 0.307 e. The van der Waals surface area contributed by atoms with Gasteiger partial charge in [-0.25, -0.2) is 0 Å². The topological polar surface area (TPSA) is 187 Å². The average Bonchev–Trinajstić information content (AvgIpc) is 3.34. The molecule has 0 aromatic rings. The zero-order valence-electron chi connectivity index (χ0n) is 45.7. The fourth-order valence-corrected chi connectivity index (χ4v) is 7.68. The Bertz CT molecular complexity index is 1220. The second-order valence-corrected chi connectivity index (χ2v) is 19.6. The lowest BCUT2D eigenvalue weighted by Gasteiger charge is -2.20. The first kappa shape index (κ1) is 67.2. The van der Waals surface area contributed by atoms with Crippen molar-refractivity contribution in [3.05, 3.63) is 0 Å². The van der Waals surface area contributed by atoms with Gasteiger partial charge in [0.2, 0.25) is 0 Å². The van der Waals surface area contributed by atoms with Crippen molar-refractivity contribution in [2.45, 2.75) is 246 Å². The smallest absolute Gasteiger partial charge is 0.307 e. The van der Waals surface area contributed by atoms with Gasteiger partial charge in [-0.3, -0.25) is 33.6 Å². The van der Waals surface area contributed by atoms with Crippen LogP contribution in [0.5, 0.6) is 0 Å². The Balaban J connectivity index is 5.50. The normalized spacial score (nSPS) is 11.3. The lowest BCUT2D eigenvalue weighted by Crippen LogP contribution is -2.27. The minimum atomic E-state index is -0.756. The molecular formula is C56H101NO14. The van der Waals surface area contributed by atoms with Crippen molar-refractivity contribution in [1.29, 1.82) is 0 Å². The molecule has 0 aromatic heterocycles. The van der Waals surface area contributed by atoms with Crippen molar-refractivity contribution in [2.75, 3.05) is 60.3 Å². The van der Waals surface area contributed by atoms with E-state index in [-0.39, 0.29) is 121 Å². The van der Waals surface area contributed by atoms with E-state index >= 15 is 0 Å². The molecule has 15 heteroatoms. The Kier molecular flexibility index (Phi) is 46.0. The van der Waals surface area contributed by atoms with Crippen LogP contribution < -0.4 is 0 Å². The summed E-state index contributed by atoms with van der Waals surface area (Å²) in [6.07, 6.45) is 25.0. The monoisotopic (exact) mass is 1010 g/mol. The van der Waals surface area contributed by atoms with E-state index in [1.54, 1.807) is 0 Å². The summed E-state index contributed by atoms with van der Waals surface area (Å²) < 4.78 is 39.0. The summed E-state index contributed by atoms with van der Waals surface area (Å²) in [5, 5.41) is 0. The summed E-state index contributed by atoms with van der Waals surface area (Å²) in [6.45, 7) is 8.44. The average molecular weight is 1010 g/mol. The van der Waals surface area contributed by atoms with E-state index in [1.807, 2.05) is 19.0 Å². The number of nitrogens with zero attached hydrogens (tertiary/aromatic N) is 1. The van der Waals surface area contributed by atoms with Crippen LogP contribution in [0.3, 0.4) is 0 Å². The number of hydrogen-bond donors (Lipinski definition) is 0. The molecule has 414 valence electrons. The van der Waals surface area contributed by atoms with E-state index in [9.17, 15) is 33.6 Å². The molecule has 0 aliphatic heterocycles. The van der Waals surface area contributed by atoms with Crippen molar-refractivity contribution in [2.24, 2.45) is 11.8 Å². The number of hydrogen-bond acceptors (Lipinski definition) is 15. The fourth-order valence-electron chi connectivity index (χ4n) is 7.68. The minimum Gasteiger partial charge on any atom is -0.466 e. The Morgan fingerprint density at radius 2 is 0.620 bits per heavy atom. The first-order chi connectivity index (χ1) is 34.3. The van der Waals surface area contributed by atoms with E-state index in [1.165, 1.54) is 25.7 Å². The van der Waals surface area contributed by atoms with Gasteiger partial charge in [0.1, 0.15) is 6.10 Å². The summed E-state index contributed by atoms with van der Waals surface area (Å²) in [6, 6.07) is 0. The lowest BCUT2D eigenvalue weighted by atomic mass is 10.1. The quantitative estimate of drug-likeness (QED) is 0.0318. The Morgan fingerprint density at radius 3 is 0.901 bits per heavy atom. The van der Waals surface area contributed by atoms with Crippen LogP contribution in [0.15, 0.2) is 0 Å². The molecule has 0 spiro atoms. The minimum absolute atomic E-state index is 0.102. The largest absolute Gasteiger partial charge is 0.466 e. The molecule has 0 aliphatic rings. The molecular weight excluding hydrogens is 911 g/mol. The molecule has 15 nitrogen and oxygen atoms in total. The van der Waals surface area contributed by atoms with Crippen LogP contribution in [0.25, 0.3) is 0 Å². The van der Waals surface area contributed by atoms with Gasteiger partial charge in [-0.15, -0.1) is 0 Å². The van der Waals surface area contributed by atoms with Crippen LogP contribution in [-0.2, 0) is 66.7 Å². The molecule has 0 saturated heterocycles. The molecule has 0 heterocycles. The Labute approximate surface area is 429 Å². The molecule has 0 atom stereocenters. The van der Waals surface area contributed by atoms with E-state index in [2.05, 4.69) is 27.7 Å². The summed E-state index contributed by atoms with van der Waals surface area (Å²) in [4.78, 5) is 91.3. The fraction of sp³-hybridized carbons (Fsp3) is 0.875. The zero-order chi connectivity index (χ0) is 52.6. The van der Waals surface area contributed by atoms with Crippen molar-refractivity contribution in [3.8, 4) is 0 Å². The van der Waals surface area contributed by atoms with Crippen LogP contribution >= 0.6 is 0 Å². The maximum absolute atomic E-state index is 13.2.